The predicted molar refractivity (Wildman–Crippen MR) is 268 cm³/mol. The van der Waals surface area contributed by atoms with Crippen LogP contribution in [0.3, 0.4) is 0 Å². The highest BCUT2D eigenvalue weighted by Crippen LogP contribution is 2.24. The van der Waals surface area contributed by atoms with Crippen LogP contribution in [0, 0.1) is 0 Å². The molecule has 3 aromatic heterocycles. The average Bonchev–Trinajstić information content (AvgIpc) is 4.12. The van der Waals surface area contributed by atoms with Crippen LogP contribution < -0.4 is 5.32 Å². The summed E-state index contributed by atoms with van der Waals surface area (Å²) in [5.74, 6) is -0.895. The molecule has 0 radical (unpaired) electrons. The van der Waals surface area contributed by atoms with E-state index in [-0.39, 0.29) is 37.4 Å². The zero-order valence-electron chi connectivity index (χ0n) is 37.9. The van der Waals surface area contributed by atoms with Crippen LogP contribution in [0.5, 0.6) is 0 Å². The van der Waals surface area contributed by atoms with Gasteiger partial charge in [-0.15, -0.1) is 34.0 Å². The van der Waals surface area contributed by atoms with Crippen LogP contribution >= 0.6 is 34.0 Å². The maximum atomic E-state index is 12.0. The lowest BCUT2D eigenvalue weighted by atomic mass is 10.1. The van der Waals surface area contributed by atoms with Gasteiger partial charge in [0.2, 0.25) is 5.91 Å². The number of nitrogens with zero attached hydrogens (tertiary/aromatic N) is 2. The first-order chi connectivity index (χ1) is 32.2. The van der Waals surface area contributed by atoms with E-state index in [0.717, 1.165) is 90.9 Å². The van der Waals surface area contributed by atoms with Gasteiger partial charge in [-0.1, -0.05) is 36.4 Å². The number of hydrogen-bond donors (Lipinski definition) is 5. The number of carbonyl (C=O) groups excluding carboxylic acids is 1. The normalized spacial score (nSPS) is 16.3. The maximum absolute atomic E-state index is 12.0. The predicted octanol–water partition coefficient (Wildman–Crippen LogP) is 7.64. The lowest BCUT2D eigenvalue weighted by molar-refractivity contribution is -0.142. The Kier molecular flexibility index (Phi) is 22.2. The summed E-state index contributed by atoms with van der Waals surface area (Å²) in [5, 5.41) is 49.5. The molecule has 0 unspecified atom stereocenters. The second-order valence-corrected chi connectivity index (χ2v) is 19.7. The minimum atomic E-state index is -0.923. The molecule has 9 rings (SSSR count). The number of rotatable bonds is 16. The number of aliphatic hydroxyl groups is 3. The average molecular weight is 962 g/mol. The molecule has 3 aliphatic heterocycles. The SMILES string of the molecule is O=C(COCCc1ccc2sccc2c1)N1CCC(O)CC1.O=C(O)COCCc1ccc2sccc2c1.OC1CCN(CCOCCc2ccc3sccc3c2)CC1.OC1CCNCC1. The van der Waals surface area contributed by atoms with E-state index in [4.69, 9.17) is 24.4 Å². The van der Waals surface area contributed by atoms with E-state index in [1.54, 1.807) is 38.9 Å². The molecular formula is C51H67N3O9S3. The fraction of sp³-hybridized carbons (Fsp3) is 0.490. The number of carbonyl (C=O) groups is 2. The first-order valence-electron chi connectivity index (χ1n) is 23.3. The molecule has 358 valence electrons. The molecule has 0 saturated carbocycles. The number of hydrogen-bond acceptors (Lipinski definition) is 13. The van der Waals surface area contributed by atoms with Crippen molar-refractivity contribution in [2.24, 2.45) is 0 Å². The van der Waals surface area contributed by atoms with Crippen LogP contribution in [-0.4, -0.2) is 146 Å². The summed E-state index contributed by atoms with van der Waals surface area (Å²) in [6.45, 7) is 8.72. The molecule has 66 heavy (non-hydrogen) atoms. The number of carboxylic acid groups (broad SMARTS) is 1. The number of carboxylic acids is 1. The van der Waals surface area contributed by atoms with E-state index in [1.165, 1.54) is 46.9 Å². The van der Waals surface area contributed by atoms with Gasteiger partial charge in [0, 0.05) is 46.8 Å². The van der Waals surface area contributed by atoms with Crippen molar-refractivity contribution >= 4 is 76.1 Å². The summed E-state index contributed by atoms with van der Waals surface area (Å²) < 4.78 is 20.2. The summed E-state index contributed by atoms with van der Waals surface area (Å²) in [4.78, 5) is 26.4. The largest absolute Gasteiger partial charge is 0.480 e. The number of nitrogens with one attached hydrogen (secondary N) is 1. The molecular weight excluding hydrogens is 895 g/mol. The number of thiophene rings is 3. The van der Waals surface area contributed by atoms with Crippen LogP contribution in [0.1, 0.15) is 55.2 Å². The Morgan fingerprint density at radius 2 is 0.970 bits per heavy atom. The second-order valence-electron chi connectivity index (χ2n) is 16.9. The highest BCUT2D eigenvalue weighted by Gasteiger charge is 2.21. The van der Waals surface area contributed by atoms with Crippen LogP contribution in [0.2, 0.25) is 0 Å². The highest BCUT2D eigenvalue weighted by molar-refractivity contribution is 7.17. The van der Waals surface area contributed by atoms with Crippen LogP contribution in [-0.2, 0) is 43.1 Å². The van der Waals surface area contributed by atoms with Gasteiger partial charge in [-0.3, -0.25) is 4.79 Å². The number of aliphatic carboxylic acids is 1. The summed E-state index contributed by atoms with van der Waals surface area (Å²) in [5.41, 5.74) is 3.76. The quantitative estimate of drug-likeness (QED) is 0.0607. The summed E-state index contributed by atoms with van der Waals surface area (Å²) in [7, 11) is 0. The Morgan fingerprint density at radius 3 is 1.41 bits per heavy atom. The monoisotopic (exact) mass is 961 g/mol. The maximum Gasteiger partial charge on any atom is 0.329 e. The standard InChI is InChI=1S/C17H21NO3S.C17H23NO2S.C12H12O3S.C5H11NO/c19-15-3-7-18(8-4-15)17(20)12-21-9-5-13-1-2-16-14(11-13)6-10-22-16;19-16-3-7-18(8-4-16)9-11-20-10-5-14-1-2-17-15(13-14)6-12-21-17;13-12(14)8-15-5-3-9-1-2-11-10(7-9)4-6-16-11;7-5-1-3-6-4-2-5/h1-2,6,10-11,15,19H,3-5,7-9,12H2;1-2,6,12-13,16,19H,3-5,7-11H2;1-2,4,6-7H,3,5,8H2,(H,13,14);5-7H,1-4H2. The Balaban J connectivity index is 0.000000154. The summed E-state index contributed by atoms with van der Waals surface area (Å²) in [6, 6.07) is 25.8. The second kappa shape index (κ2) is 28.5. The minimum absolute atomic E-state index is 0.0266. The van der Waals surface area contributed by atoms with Crippen molar-refractivity contribution in [3.63, 3.8) is 0 Å². The van der Waals surface area contributed by atoms with Gasteiger partial charge in [0.15, 0.2) is 0 Å². The lowest BCUT2D eigenvalue weighted by Crippen LogP contribution is -2.41. The molecule has 0 bridgehead atoms. The molecule has 0 atom stereocenters. The number of likely N-dealkylation sites (tertiary alicyclic amines) is 2. The summed E-state index contributed by atoms with van der Waals surface area (Å²) in [6.07, 6.45) is 7.19. The van der Waals surface area contributed by atoms with E-state index < -0.39 is 5.97 Å². The van der Waals surface area contributed by atoms with Gasteiger partial charge >= 0.3 is 5.97 Å². The third kappa shape index (κ3) is 18.3. The van der Waals surface area contributed by atoms with Crippen molar-refractivity contribution in [1.82, 2.24) is 15.1 Å². The zero-order chi connectivity index (χ0) is 46.4. The third-order valence-corrected chi connectivity index (χ3v) is 14.5. The molecule has 3 saturated heterocycles. The van der Waals surface area contributed by atoms with Crippen molar-refractivity contribution in [2.45, 2.75) is 76.1 Å². The number of benzene rings is 3. The van der Waals surface area contributed by atoms with Gasteiger partial charge in [0.05, 0.1) is 44.7 Å². The van der Waals surface area contributed by atoms with Crippen LogP contribution in [0.4, 0.5) is 0 Å². The minimum Gasteiger partial charge on any atom is -0.480 e. The van der Waals surface area contributed by atoms with E-state index in [0.29, 0.717) is 39.1 Å². The van der Waals surface area contributed by atoms with Crippen LogP contribution in [0.15, 0.2) is 88.9 Å². The Hall–Kier alpha value is -3.84. The van der Waals surface area contributed by atoms with E-state index in [9.17, 15) is 19.8 Å². The number of aliphatic hydroxyl groups excluding tert-OH is 3. The topological polar surface area (TPSA) is 161 Å². The summed E-state index contributed by atoms with van der Waals surface area (Å²) >= 11 is 5.25. The van der Waals surface area contributed by atoms with Crippen molar-refractivity contribution in [2.75, 3.05) is 85.5 Å². The zero-order valence-corrected chi connectivity index (χ0v) is 40.3. The molecule has 3 fully saturated rings. The van der Waals surface area contributed by atoms with Crippen molar-refractivity contribution < 1.29 is 44.2 Å². The van der Waals surface area contributed by atoms with E-state index in [2.05, 4.69) is 99.2 Å². The molecule has 15 heteroatoms. The molecule has 0 spiro atoms. The number of ether oxygens (including phenoxy) is 3. The Bertz CT molecular complexity index is 2310. The van der Waals surface area contributed by atoms with Crippen molar-refractivity contribution in [3.8, 4) is 0 Å². The molecule has 6 heterocycles. The van der Waals surface area contributed by atoms with E-state index >= 15 is 0 Å². The fourth-order valence-corrected chi connectivity index (χ4v) is 10.2. The molecule has 0 aliphatic carbocycles. The van der Waals surface area contributed by atoms with Gasteiger partial charge in [0.25, 0.3) is 0 Å². The van der Waals surface area contributed by atoms with Gasteiger partial charge in [0.1, 0.15) is 13.2 Å². The van der Waals surface area contributed by atoms with Crippen LogP contribution in [0.25, 0.3) is 30.3 Å². The Labute approximate surface area is 400 Å². The number of amides is 1. The first kappa shape index (κ1) is 51.5. The molecule has 3 aromatic carbocycles. The number of fused-ring (bicyclic) bond motifs is 3. The van der Waals surface area contributed by atoms with Gasteiger partial charge in [-0.2, -0.15) is 0 Å². The van der Waals surface area contributed by atoms with E-state index in [1.807, 2.05) is 0 Å². The molecule has 12 nitrogen and oxygen atoms in total. The van der Waals surface area contributed by atoms with Gasteiger partial charge in [-0.05, 0) is 156 Å². The van der Waals surface area contributed by atoms with Crippen molar-refractivity contribution in [3.05, 3.63) is 106 Å². The fourth-order valence-electron chi connectivity index (χ4n) is 7.86. The molecule has 6 aromatic rings. The lowest BCUT2D eigenvalue weighted by Gasteiger charge is -2.29. The highest BCUT2D eigenvalue weighted by atomic mass is 32.1. The number of piperidine rings is 3. The van der Waals surface area contributed by atoms with Crippen molar-refractivity contribution in [1.29, 1.82) is 0 Å². The molecule has 3 aliphatic rings. The third-order valence-electron chi connectivity index (χ3n) is 11.8. The smallest absolute Gasteiger partial charge is 0.329 e. The molecule has 1 amide bonds. The van der Waals surface area contributed by atoms with Gasteiger partial charge < -0.3 is 49.8 Å². The first-order valence-corrected chi connectivity index (χ1v) is 25.9. The van der Waals surface area contributed by atoms with Gasteiger partial charge in [-0.25, -0.2) is 4.79 Å². The Morgan fingerprint density at radius 1 is 0.545 bits per heavy atom. The molecule has 5 N–H and O–H groups in total.